The van der Waals surface area contributed by atoms with E-state index in [2.05, 4.69) is 21.5 Å². The number of nitrogen functional groups attached to an aromatic ring is 1. The fourth-order valence-electron chi connectivity index (χ4n) is 3.00. The van der Waals surface area contributed by atoms with Gasteiger partial charge in [0.25, 0.3) is 0 Å². The van der Waals surface area contributed by atoms with E-state index in [1.165, 1.54) is 38.5 Å². The second-order valence-corrected chi connectivity index (χ2v) is 5.29. The lowest BCUT2D eigenvalue weighted by Gasteiger charge is -2.17. The Bertz CT molecular complexity index is 550. The van der Waals surface area contributed by atoms with E-state index in [-0.39, 0.29) is 0 Å². The molecule has 0 aliphatic heterocycles. The highest BCUT2D eigenvalue weighted by Gasteiger charge is 2.20. The lowest BCUT2D eigenvalue weighted by atomic mass is 10.1. The highest BCUT2D eigenvalue weighted by Crippen LogP contribution is 2.32. The summed E-state index contributed by atoms with van der Waals surface area (Å²) >= 11 is 0. The van der Waals surface area contributed by atoms with Crippen LogP contribution in [0, 0.1) is 6.92 Å². The van der Waals surface area contributed by atoms with E-state index in [4.69, 9.17) is 5.73 Å². The number of anilines is 1. The number of hydrogen-bond acceptors (Lipinski definition) is 3. The predicted molar refractivity (Wildman–Crippen MR) is 73.4 cm³/mol. The molecule has 1 aliphatic carbocycles. The predicted octanol–water partition coefficient (Wildman–Crippen LogP) is 3.22. The summed E-state index contributed by atoms with van der Waals surface area (Å²) in [6, 6.07) is 2.47. The second kappa shape index (κ2) is 4.59. The summed E-state index contributed by atoms with van der Waals surface area (Å²) in [5.74, 6) is 0.624. The zero-order valence-electron chi connectivity index (χ0n) is 10.9. The fraction of sp³-hybridized carbons (Fsp3) is 0.571. The number of imidazole rings is 1. The van der Waals surface area contributed by atoms with Gasteiger partial charge in [-0.1, -0.05) is 25.7 Å². The van der Waals surface area contributed by atoms with Crippen molar-refractivity contribution in [1.29, 1.82) is 0 Å². The number of aryl methyl sites for hydroxylation is 1. The SMILES string of the molecule is Cc1ccnc2c1nc(N)n2C1CCCCCC1. The van der Waals surface area contributed by atoms with Gasteiger partial charge in [-0.2, -0.15) is 0 Å². The first-order chi connectivity index (χ1) is 8.77. The van der Waals surface area contributed by atoms with Crippen LogP contribution in [-0.2, 0) is 0 Å². The van der Waals surface area contributed by atoms with Crippen molar-refractivity contribution >= 4 is 17.1 Å². The summed E-state index contributed by atoms with van der Waals surface area (Å²) in [5.41, 5.74) is 9.18. The molecule has 4 nitrogen and oxygen atoms in total. The van der Waals surface area contributed by atoms with Crippen molar-refractivity contribution in [1.82, 2.24) is 14.5 Å². The molecule has 2 aromatic rings. The van der Waals surface area contributed by atoms with Crippen LogP contribution in [0.2, 0.25) is 0 Å². The van der Waals surface area contributed by atoms with E-state index in [1.807, 2.05) is 12.3 Å². The number of rotatable bonds is 1. The van der Waals surface area contributed by atoms with E-state index >= 15 is 0 Å². The minimum atomic E-state index is 0.479. The molecule has 0 radical (unpaired) electrons. The van der Waals surface area contributed by atoms with Gasteiger partial charge in [-0.3, -0.25) is 4.57 Å². The minimum Gasteiger partial charge on any atom is -0.369 e. The summed E-state index contributed by atoms with van der Waals surface area (Å²) in [7, 11) is 0. The standard InChI is InChI=1S/C14H20N4/c1-10-8-9-16-13-12(10)17-14(15)18(13)11-6-4-2-3-5-7-11/h8-9,11H,2-7H2,1H3,(H2,15,17). The Morgan fingerprint density at radius 1 is 1.22 bits per heavy atom. The highest BCUT2D eigenvalue weighted by atomic mass is 15.2. The molecule has 3 rings (SSSR count). The average molecular weight is 244 g/mol. The van der Waals surface area contributed by atoms with Crippen molar-refractivity contribution in [3.05, 3.63) is 17.8 Å². The molecule has 18 heavy (non-hydrogen) atoms. The van der Waals surface area contributed by atoms with Crippen LogP contribution in [0.5, 0.6) is 0 Å². The number of nitrogens with zero attached hydrogens (tertiary/aromatic N) is 3. The van der Waals surface area contributed by atoms with Gasteiger partial charge in [0.15, 0.2) is 5.65 Å². The number of pyridine rings is 1. The fourth-order valence-corrected chi connectivity index (χ4v) is 3.00. The number of aromatic nitrogens is 3. The van der Waals surface area contributed by atoms with Crippen molar-refractivity contribution in [3.8, 4) is 0 Å². The lowest BCUT2D eigenvalue weighted by Crippen LogP contribution is -2.11. The Hall–Kier alpha value is -1.58. The Kier molecular flexibility index (Phi) is 2.94. The van der Waals surface area contributed by atoms with Crippen molar-refractivity contribution < 1.29 is 0 Å². The smallest absolute Gasteiger partial charge is 0.202 e. The molecule has 2 aromatic heterocycles. The Balaban J connectivity index is 2.10. The number of hydrogen-bond donors (Lipinski definition) is 1. The molecular weight excluding hydrogens is 224 g/mol. The first-order valence-electron chi connectivity index (χ1n) is 6.86. The van der Waals surface area contributed by atoms with Crippen LogP contribution in [0.15, 0.2) is 12.3 Å². The molecule has 96 valence electrons. The molecule has 0 bridgehead atoms. The molecule has 0 atom stereocenters. The van der Waals surface area contributed by atoms with Gasteiger partial charge in [0.2, 0.25) is 5.95 Å². The molecule has 0 unspecified atom stereocenters. The van der Waals surface area contributed by atoms with Crippen LogP contribution in [0.4, 0.5) is 5.95 Å². The molecule has 1 saturated carbocycles. The van der Waals surface area contributed by atoms with Gasteiger partial charge in [0.1, 0.15) is 5.52 Å². The van der Waals surface area contributed by atoms with E-state index in [0.29, 0.717) is 12.0 Å². The summed E-state index contributed by atoms with van der Waals surface area (Å²) in [5, 5.41) is 0. The van der Waals surface area contributed by atoms with E-state index in [0.717, 1.165) is 16.7 Å². The molecule has 0 aromatic carbocycles. The summed E-state index contributed by atoms with van der Waals surface area (Å²) < 4.78 is 2.16. The minimum absolute atomic E-state index is 0.479. The van der Waals surface area contributed by atoms with Crippen LogP contribution >= 0.6 is 0 Å². The van der Waals surface area contributed by atoms with Crippen LogP contribution in [0.25, 0.3) is 11.2 Å². The van der Waals surface area contributed by atoms with Gasteiger partial charge in [-0.25, -0.2) is 9.97 Å². The Morgan fingerprint density at radius 2 is 1.94 bits per heavy atom. The summed E-state index contributed by atoms with van der Waals surface area (Å²) in [6.07, 6.45) is 9.51. The van der Waals surface area contributed by atoms with Crippen LogP contribution in [0.3, 0.4) is 0 Å². The topological polar surface area (TPSA) is 56.7 Å². The third kappa shape index (κ3) is 1.85. The van der Waals surface area contributed by atoms with Crippen molar-refractivity contribution in [2.45, 2.75) is 51.5 Å². The molecule has 2 heterocycles. The molecular formula is C14H20N4. The zero-order chi connectivity index (χ0) is 12.5. The van der Waals surface area contributed by atoms with Crippen molar-refractivity contribution in [3.63, 3.8) is 0 Å². The third-order valence-electron chi connectivity index (χ3n) is 4.00. The second-order valence-electron chi connectivity index (χ2n) is 5.29. The van der Waals surface area contributed by atoms with Crippen molar-refractivity contribution in [2.24, 2.45) is 0 Å². The van der Waals surface area contributed by atoms with Gasteiger partial charge in [0.05, 0.1) is 0 Å². The monoisotopic (exact) mass is 244 g/mol. The van der Waals surface area contributed by atoms with E-state index in [1.54, 1.807) is 0 Å². The largest absolute Gasteiger partial charge is 0.369 e. The van der Waals surface area contributed by atoms with Crippen LogP contribution in [0.1, 0.15) is 50.1 Å². The van der Waals surface area contributed by atoms with Gasteiger partial charge in [0, 0.05) is 12.2 Å². The molecule has 1 fully saturated rings. The van der Waals surface area contributed by atoms with E-state index < -0.39 is 0 Å². The number of fused-ring (bicyclic) bond motifs is 1. The van der Waals surface area contributed by atoms with Gasteiger partial charge >= 0.3 is 0 Å². The maximum atomic E-state index is 6.12. The zero-order valence-corrected chi connectivity index (χ0v) is 10.9. The quantitative estimate of drug-likeness (QED) is 0.784. The van der Waals surface area contributed by atoms with Gasteiger partial charge in [-0.15, -0.1) is 0 Å². The first-order valence-corrected chi connectivity index (χ1v) is 6.86. The third-order valence-corrected chi connectivity index (χ3v) is 4.00. The van der Waals surface area contributed by atoms with Crippen molar-refractivity contribution in [2.75, 3.05) is 5.73 Å². The summed E-state index contributed by atoms with van der Waals surface area (Å²) in [4.78, 5) is 8.99. The molecule has 2 N–H and O–H groups in total. The maximum absolute atomic E-state index is 6.12. The molecule has 1 aliphatic rings. The average Bonchev–Trinajstić information content (AvgIpc) is 2.54. The van der Waals surface area contributed by atoms with Gasteiger partial charge < -0.3 is 5.73 Å². The molecule has 0 saturated heterocycles. The Labute approximate surface area is 107 Å². The molecule has 0 amide bonds. The Morgan fingerprint density at radius 3 is 2.67 bits per heavy atom. The highest BCUT2D eigenvalue weighted by molar-refractivity contribution is 5.77. The van der Waals surface area contributed by atoms with Crippen LogP contribution in [-0.4, -0.2) is 14.5 Å². The van der Waals surface area contributed by atoms with Crippen LogP contribution < -0.4 is 5.73 Å². The lowest BCUT2D eigenvalue weighted by molar-refractivity contribution is 0.457. The molecule has 0 spiro atoms. The normalized spacial score (nSPS) is 18.1. The molecule has 4 heteroatoms. The first kappa shape index (κ1) is 11.5. The maximum Gasteiger partial charge on any atom is 0.202 e. The van der Waals surface area contributed by atoms with E-state index in [9.17, 15) is 0 Å². The summed E-state index contributed by atoms with van der Waals surface area (Å²) in [6.45, 7) is 2.06. The number of nitrogens with two attached hydrogens (primary N) is 1. The van der Waals surface area contributed by atoms with Gasteiger partial charge in [-0.05, 0) is 31.4 Å².